The van der Waals surface area contributed by atoms with Gasteiger partial charge in [0, 0.05) is 29.8 Å². The van der Waals surface area contributed by atoms with Crippen LogP contribution in [0.2, 0.25) is 0 Å². The van der Waals surface area contributed by atoms with Gasteiger partial charge in [-0.15, -0.1) is 0 Å². The topological polar surface area (TPSA) is 95.6 Å². The van der Waals surface area contributed by atoms with E-state index < -0.39 is 11.9 Å². The van der Waals surface area contributed by atoms with Crippen molar-refractivity contribution in [2.45, 2.75) is 43.6 Å². The molecule has 0 bridgehead atoms. The Bertz CT molecular complexity index is 764. The molecule has 2 N–H and O–H groups in total. The van der Waals surface area contributed by atoms with Gasteiger partial charge in [0.05, 0.1) is 4.83 Å². The van der Waals surface area contributed by atoms with Crippen LogP contribution < -0.4 is 10.6 Å². The number of piperidine rings is 1. The summed E-state index contributed by atoms with van der Waals surface area (Å²) in [4.78, 5) is 49.4. The lowest BCUT2D eigenvalue weighted by Crippen LogP contribution is -2.52. The molecule has 0 saturated carbocycles. The molecule has 132 valence electrons. The Hall–Kier alpha value is -2.22. The molecule has 0 radical (unpaired) electrons. The predicted molar refractivity (Wildman–Crippen MR) is 94.1 cm³/mol. The summed E-state index contributed by atoms with van der Waals surface area (Å²) < 4.78 is 0. The molecule has 2 unspecified atom stereocenters. The number of amides is 4. The van der Waals surface area contributed by atoms with Gasteiger partial charge < -0.3 is 10.2 Å². The third-order valence-corrected chi connectivity index (χ3v) is 5.55. The summed E-state index contributed by atoms with van der Waals surface area (Å²) in [6.45, 7) is 2.12. The fraction of sp³-hybridized carbons (Fsp3) is 0.412. The van der Waals surface area contributed by atoms with E-state index in [0.29, 0.717) is 29.7 Å². The molecule has 1 saturated heterocycles. The summed E-state index contributed by atoms with van der Waals surface area (Å²) in [5.74, 6) is -1.20. The van der Waals surface area contributed by atoms with Crippen molar-refractivity contribution in [2.24, 2.45) is 0 Å². The number of hydrogen-bond donors (Lipinski definition) is 2. The van der Waals surface area contributed by atoms with Crippen LogP contribution >= 0.6 is 15.9 Å². The Kier molecular flexibility index (Phi) is 4.89. The van der Waals surface area contributed by atoms with Crippen LogP contribution in [0.4, 0.5) is 5.69 Å². The van der Waals surface area contributed by atoms with Gasteiger partial charge in [-0.2, -0.15) is 0 Å². The molecule has 1 aromatic carbocycles. The number of rotatable bonds is 4. The first-order chi connectivity index (χ1) is 11.9. The molecule has 2 heterocycles. The van der Waals surface area contributed by atoms with E-state index in [4.69, 9.17) is 0 Å². The summed E-state index contributed by atoms with van der Waals surface area (Å²) >= 11 is 3.31. The normalized spacial score (nSPS) is 21.0. The number of imide groups is 1. The van der Waals surface area contributed by atoms with Gasteiger partial charge in [0.2, 0.25) is 17.7 Å². The van der Waals surface area contributed by atoms with E-state index in [1.54, 1.807) is 18.2 Å². The molecule has 1 aromatic rings. The van der Waals surface area contributed by atoms with Crippen molar-refractivity contribution in [3.8, 4) is 0 Å². The highest BCUT2D eigenvalue weighted by molar-refractivity contribution is 9.10. The average Bonchev–Trinajstić information content (AvgIpc) is 2.92. The van der Waals surface area contributed by atoms with E-state index >= 15 is 0 Å². The zero-order valence-electron chi connectivity index (χ0n) is 13.7. The first-order valence-corrected chi connectivity index (χ1v) is 9.05. The lowest BCUT2D eigenvalue weighted by atomic mass is 10.0. The number of hydrogen-bond acceptors (Lipinski definition) is 4. The maximum absolute atomic E-state index is 12.7. The Morgan fingerprint density at radius 2 is 2.16 bits per heavy atom. The van der Waals surface area contributed by atoms with Crippen LogP contribution in [0.15, 0.2) is 18.2 Å². The van der Waals surface area contributed by atoms with Crippen molar-refractivity contribution in [1.82, 2.24) is 10.2 Å². The average molecular weight is 408 g/mol. The summed E-state index contributed by atoms with van der Waals surface area (Å²) in [6, 6.07) is 4.47. The van der Waals surface area contributed by atoms with E-state index in [9.17, 15) is 19.2 Å². The number of carbonyl (C=O) groups is 4. The van der Waals surface area contributed by atoms with Crippen molar-refractivity contribution in [3.63, 3.8) is 0 Å². The number of benzene rings is 1. The van der Waals surface area contributed by atoms with Gasteiger partial charge in [-0.1, -0.05) is 28.9 Å². The number of nitrogens with one attached hydrogen (secondary N) is 2. The second-order valence-electron chi connectivity index (χ2n) is 6.10. The van der Waals surface area contributed by atoms with Gasteiger partial charge in [-0.25, -0.2) is 0 Å². The minimum Gasteiger partial charge on any atom is -0.325 e. The number of halogens is 1. The largest absolute Gasteiger partial charge is 0.325 e. The van der Waals surface area contributed by atoms with Crippen molar-refractivity contribution in [3.05, 3.63) is 29.3 Å². The molecule has 3 rings (SSSR count). The second-order valence-corrected chi connectivity index (χ2v) is 7.20. The van der Waals surface area contributed by atoms with Crippen molar-refractivity contribution >= 4 is 45.2 Å². The number of alkyl halides is 1. The molecule has 25 heavy (non-hydrogen) atoms. The third-order valence-electron chi connectivity index (χ3n) is 4.48. The van der Waals surface area contributed by atoms with Gasteiger partial charge in [-0.3, -0.25) is 24.5 Å². The van der Waals surface area contributed by atoms with Crippen LogP contribution in [0.25, 0.3) is 0 Å². The van der Waals surface area contributed by atoms with Crippen LogP contribution in [0.3, 0.4) is 0 Å². The molecule has 2 atom stereocenters. The Balaban J connectivity index is 1.84. The van der Waals surface area contributed by atoms with Gasteiger partial charge in [0.15, 0.2) is 0 Å². The Morgan fingerprint density at radius 3 is 2.84 bits per heavy atom. The van der Waals surface area contributed by atoms with Crippen LogP contribution in [-0.4, -0.2) is 39.4 Å². The minimum absolute atomic E-state index is 0.178. The molecule has 0 spiro atoms. The summed E-state index contributed by atoms with van der Waals surface area (Å²) in [5.41, 5.74) is 1.75. The zero-order chi connectivity index (χ0) is 18.1. The van der Waals surface area contributed by atoms with E-state index in [0.717, 1.165) is 0 Å². The zero-order valence-corrected chi connectivity index (χ0v) is 15.3. The Labute approximate surface area is 153 Å². The van der Waals surface area contributed by atoms with Gasteiger partial charge in [0.25, 0.3) is 5.91 Å². The molecular formula is C17H18BrN3O4. The maximum atomic E-state index is 12.7. The molecule has 2 aliphatic heterocycles. The standard InChI is InChI=1S/C17H18BrN3O4/c1-2-11(18)15(23)19-12-5-3-4-9-10(12)8-21(17(9)25)13-6-7-14(22)20-16(13)24/h3-5,11,13H,2,6-8H2,1H3,(H,19,23)(H,20,22,24). The van der Waals surface area contributed by atoms with Crippen molar-refractivity contribution < 1.29 is 19.2 Å². The molecule has 1 fully saturated rings. The quantitative estimate of drug-likeness (QED) is 0.584. The Morgan fingerprint density at radius 1 is 1.40 bits per heavy atom. The molecular weight excluding hydrogens is 390 g/mol. The maximum Gasteiger partial charge on any atom is 0.255 e. The SMILES string of the molecule is CCC(Br)C(=O)Nc1cccc2c1CN(C1CCC(=O)NC1=O)C2=O. The fourth-order valence-corrected chi connectivity index (χ4v) is 3.21. The lowest BCUT2D eigenvalue weighted by Gasteiger charge is -2.29. The summed E-state index contributed by atoms with van der Waals surface area (Å²) in [7, 11) is 0. The van der Waals surface area contributed by atoms with E-state index in [1.165, 1.54) is 4.90 Å². The molecule has 0 aliphatic carbocycles. The number of anilines is 1. The van der Waals surface area contributed by atoms with Crippen molar-refractivity contribution in [2.75, 3.05) is 5.32 Å². The molecule has 4 amide bonds. The highest BCUT2D eigenvalue weighted by atomic mass is 79.9. The molecule has 7 nitrogen and oxygen atoms in total. The highest BCUT2D eigenvalue weighted by Gasteiger charge is 2.40. The molecule has 2 aliphatic rings. The van der Waals surface area contributed by atoms with Crippen LogP contribution in [-0.2, 0) is 20.9 Å². The second kappa shape index (κ2) is 6.95. The van der Waals surface area contributed by atoms with E-state index in [2.05, 4.69) is 26.6 Å². The lowest BCUT2D eigenvalue weighted by molar-refractivity contribution is -0.137. The monoisotopic (exact) mass is 407 g/mol. The molecule has 8 heteroatoms. The van der Waals surface area contributed by atoms with Gasteiger partial charge >= 0.3 is 0 Å². The van der Waals surface area contributed by atoms with Crippen LogP contribution in [0.5, 0.6) is 0 Å². The van der Waals surface area contributed by atoms with E-state index in [1.807, 2.05) is 6.92 Å². The number of nitrogens with zero attached hydrogens (tertiary/aromatic N) is 1. The number of carbonyl (C=O) groups excluding carboxylic acids is 4. The highest BCUT2D eigenvalue weighted by Crippen LogP contribution is 2.32. The van der Waals surface area contributed by atoms with Gasteiger partial charge in [0.1, 0.15) is 6.04 Å². The minimum atomic E-state index is -0.666. The van der Waals surface area contributed by atoms with E-state index in [-0.39, 0.29) is 35.5 Å². The van der Waals surface area contributed by atoms with Crippen molar-refractivity contribution in [1.29, 1.82) is 0 Å². The molecule has 0 aromatic heterocycles. The third kappa shape index (κ3) is 3.30. The smallest absolute Gasteiger partial charge is 0.255 e. The first kappa shape index (κ1) is 17.6. The summed E-state index contributed by atoms with van der Waals surface area (Å²) in [5, 5.41) is 5.11. The summed E-state index contributed by atoms with van der Waals surface area (Å²) in [6.07, 6.45) is 1.16. The number of fused-ring (bicyclic) bond motifs is 1. The first-order valence-electron chi connectivity index (χ1n) is 8.13. The predicted octanol–water partition coefficient (Wildman–Crippen LogP) is 1.56. The van der Waals surface area contributed by atoms with Crippen LogP contribution in [0.1, 0.15) is 42.1 Å². The van der Waals surface area contributed by atoms with Crippen LogP contribution in [0, 0.1) is 0 Å². The fourth-order valence-electron chi connectivity index (χ4n) is 3.10. The van der Waals surface area contributed by atoms with Gasteiger partial charge in [-0.05, 0) is 25.0 Å².